The summed E-state index contributed by atoms with van der Waals surface area (Å²) in [5, 5.41) is 3.41. The Labute approximate surface area is 138 Å². The first kappa shape index (κ1) is 15.7. The summed E-state index contributed by atoms with van der Waals surface area (Å²) in [6, 6.07) is 3.22. The first-order valence-corrected chi connectivity index (χ1v) is 8.35. The zero-order valence-corrected chi connectivity index (χ0v) is 14.2. The maximum atomic E-state index is 12.5. The number of carbonyl (C=O) groups is 2. The standard InChI is InChI=1S/C16H19N3O3S/c1-9-4-5-12(22-9)8-19-13(6-7-14(19)20)15(21)18-16-17-10(2)11(3)23-16/h4-5,13H,6-8H2,1-3H3,(H,17,18,21). The monoisotopic (exact) mass is 333 g/mol. The molecule has 0 bridgehead atoms. The number of furan rings is 1. The van der Waals surface area contributed by atoms with Crippen LogP contribution in [0.3, 0.4) is 0 Å². The van der Waals surface area contributed by atoms with Gasteiger partial charge in [-0.2, -0.15) is 0 Å². The fraction of sp³-hybridized carbons (Fsp3) is 0.438. The number of aromatic nitrogens is 1. The predicted octanol–water partition coefficient (Wildman–Crippen LogP) is 2.79. The number of nitrogens with zero attached hydrogens (tertiary/aromatic N) is 2. The lowest BCUT2D eigenvalue weighted by Crippen LogP contribution is -2.41. The van der Waals surface area contributed by atoms with Crippen molar-refractivity contribution in [2.24, 2.45) is 0 Å². The van der Waals surface area contributed by atoms with Gasteiger partial charge in [-0.1, -0.05) is 0 Å². The maximum Gasteiger partial charge on any atom is 0.248 e. The first-order valence-electron chi connectivity index (χ1n) is 7.53. The Morgan fingerprint density at radius 1 is 1.43 bits per heavy atom. The van der Waals surface area contributed by atoms with Crippen molar-refractivity contribution in [3.8, 4) is 0 Å². The fourth-order valence-electron chi connectivity index (χ4n) is 2.66. The molecule has 2 aromatic heterocycles. The second-order valence-corrected chi connectivity index (χ2v) is 6.94. The van der Waals surface area contributed by atoms with E-state index >= 15 is 0 Å². The number of likely N-dealkylation sites (tertiary alicyclic amines) is 1. The Morgan fingerprint density at radius 2 is 2.22 bits per heavy atom. The van der Waals surface area contributed by atoms with Crippen molar-refractivity contribution >= 4 is 28.3 Å². The Bertz CT molecular complexity index is 730. The molecule has 1 N–H and O–H groups in total. The van der Waals surface area contributed by atoms with Crippen LogP contribution in [0, 0.1) is 20.8 Å². The van der Waals surface area contributed by atoms with Crippen LogP contribution in [-0.4, -0.2) is 27.7 Å². The lowest BCUT2D eigenvalue weighted by Gasteiger charge is -2.22. The minimum absolute atomic E-state index is 0.0225. The second kappa shape index (κ2) is 6.16. The van der Waals surface area contributed by atoms with Crippen LogP contribution in [0.2, 0.25) is 0 Å². The van der Waals surface area contributed by atoms with Crippen LogP contribution >= 0.6 is 11.3 Å². The third-order valence-corrected chi connectivity index (χ3v) is 5.00. The number of hydrogen-bond acceptors (Lipinski definition) is 5. The number of amides is 2. The Kier molecular flexibility index (Phi) is 4.21. The van der Waals surface area contributed by atoms with Crippen LogP contribution in [0.4, 0.5) is 5.13 Å². The third-order valence-electron chi connectivity index (χ3n) is 4.01. The number of hydrogen-bond donors (Lipinski definition) is 1. The van der Waals surface area contributed by atoms with Crippen molar-refractivity contribution < 1.29 is 14.0 Å². The summed E-state index contributed by atoms with van der Waals surface area (Å²) < 4.78 is 5.52. The van der Waals surface area contributed by atoms with Gasteiger partial charge in [0.2, 0.25) is 11.8 Å². The number of carbonyl (C=O) groups excluding carboxylic acids is 2. The van der Waals surface area contributed by atoms with E-state index in [4.69, 9.17) is 4.42 Å². The Balaban J connectivity index is 1.71. The topological polar surface area (TPSA) is 75.4 Å². The van der Waals surface area contributed by atoms with Crippen LogP contribution in [0.15, 0.2) is 16.5 Å². The molecule has 1 aliphatic rings. The zero-order chi connectivity index (χ0) is 16.6. The highest BCUT2D eigenvalue weighted by Crippen LogP contribution is 2.26. The molecule has 1 unspecified atom stereocenters. The van der Waals surface area contributed by atoms with E-state index in [9.17, 15) is 9.59 Å². The number of nitrogens with one attached hydrogen (secondary N) is 1. The first-order chi connectivity index (χ1) is 10.9. The molecular weight excluding hydrogens is 314 g/mol. The summed E-state index contributed by atoms with van der Waals surface area (Å²) in [4.78, 5) is 31.6. The van der Waals surface area contributed by atoms with Gasteiger partial charge in [0.05, 0.1) is 12.2 Å². The second-order valence-electron chi connectivity index (χ2n) is 5.74. The molecule has 0 aliphatic carbocycles. The van der Waals surface area contributed by atoms with E-state index in [-0.39, 0.29) is 11.8 Å². The summed E-state index contributed by atoms with van der Waals surface area (Å²) in [6.45, 7) is 6.05. The highest BCUT2D eigenvalue weighted by Gasteiger charge is 2.36. The van der Waals surface area contributed by atoms with Crippen LogP contribution in [-0.2, 0) is 16.1 Å². The average molecular weight is 333 g/mol. The normalized spacial score (nSPS) is 17.8. The van der Waals surface area contributed by atoms with Crippen molar-refractivity contribution in [3.63, 3.8) is 0 Å². The van der Waals surface area contributed by atoms with Crippen molar-refractivity contribution in [2.45, 2.75) is 46.2 Å². The van der Waals surface area contributed by atoms with Crippen molar-refractivity contribution in [2.75, 3.05) is 5.32 Å². The molecular formula is C16H19N3O3S. The minimum atomic E-state index is -0.475. The molecule has 1 atom stereocenters. The molecule has 1 saturated heterocycles. The van der Waals surface area contributed by atoms with Gasteiger partial charge in [0, 0.05) is 11.3 Å². The lowest BCUT2D eigenvalue weighted by molar-refractivity contribution is -0.134. The fourth-order valence-corrected chi connectivity index (χ4v) is 3.47. The molecule has 1 fully saturated rings. The van der Waals surface area contributed by atoms with Crippen LogP contribution < -0.4 is 5.32 Å². The van der Waals surface area contributed by atoms with E-state index in [2.05, 4.69) is 10.3 Å². The van der Waals surface area contributed by atoms with Gasteiger partial charge in [-0.15, -0.1) is 11.3 Å². The van der Waals surface area contributed by atoms with Gasteiger partial charge in [0.25, 0.3) is 0 Å². The van der Waals surface area contributed by atoms with Gasteiger partial charge >= 0.3 is 0 Å². The van der Waals surface area contributed by atoms with E-state index in [0.29, 0.717) is 30.3 Å². The number of rotatable bonds is 4. The molecule has 0 saturated carbocycles. The van der Waals surface area contributed by atoms with Gasteiger partial charge in [0.15, 0.2) is 5.13 Å². The third kappa shape index (κ3) is 3.29. The van der Waals surface area contributed by atoms with Crippen molar-refractivity contribution in [1.82, 2.24) is 9.88 Å². The van der Waals surface area contributed by atoms with E-state index in [0.717, 1.165) is 16.3 Å². The van der Waals surface area contributed by atoms with Gasteiger partial charge in [-0.05, 0) is 39.3 Å². The summed E-state index contributed by atoms with van der Waals surface area (Å²) in [6.07, 6.45) is 0.904. The number of thiazole rings is 1. The summed E-state index contributed by atoms with van der Waals surface area (Å²) in [7, 11) is 0. The molecule has 3 rings (SSSR count). The van der Waals surface area contributed by atoms with Crippen LogP contribution in [0.5, 0.6) is 0 Å². The molecule has 3 heterocycles. The van der Waals surface area contributed by atoms with Crippen LogP contribution in [0.1, 0.15) is 34.9 Å². The largest absolute Gasteiger partial charge is 0.464 e. The molecule has 0 radical (unpaired) electrons. The quantitative estimate of drug-likeness (QED) is 0.933. The van der Waals surface area contributed by atoms with Crippen LogP contribution in [0.25, 0.3) is 0 Å². The maximum absolute atomic E-state index is 12.5. The molecule has 1 aliphatic heterocycles. The summed E-state index contributed by atoms with van der Waals surface area (Å²) in [5.74, 6) is 1.27. The molecule has 0 spiro atoms. The molecule has 6 nitrogen and oxygen atoms in total. The van der Waals surface area contributed by atoms with E-state index < -0.39 is 6.04 Å². The summed E-state index contributed by atoms with van der Waals surface area (Å²) in [5.41, 5.74) is 0.913. The predicted molar refractivity (Wildman–Crippen MR) is 87.2 cm³/mol. The number of aryl methyl sites for hydroxylation is 3. The van der Waals surface area contributed by atoms with E-state index in [1.807, 2.05) is 32.9 Å². The van der Waals surface area contributed by atoms with Gasteiger partial charge in [0.1, 0.15) is 17.6 Å². The van der Waals surface area contributed by atoms with Gasteiger partial charge in [-0.3, -0.25) is 9.59 Å². The molecule has 0 aromatic carbocycles. The highest BCUT2D eigenvalue weighted by molar-refractivity contribution is 7.15. The molecule has 23 heavy (non-hydrogen) atoms. The van der Waals surface area contributed by atoms with E-state index in [1.54, 1.807) is 4.90 Å². The van der Waals surface area contributed by atoms with Crippen molar-refractivity contribution in [3.05, 3.63) is 34.2 Å². The smallest absolute Gasteiger partial charge is 0.248 e. The molecule has 7 heteroatoms. The highest BCUT2D eigenvalue weighted by atomic mass is 32.1. The van der Waals surface area contributed by atoms with Crippen molar-refractivity contribution in [1.29, 1.82) is 0 Å². The SMILES string of the molecule is Cc1ccc(CN2C(=O)CCC2C(=O)Nc2nc(C)c(C)s2)o1. The summed E-state index contributed by atoms with van der Waals surface area (Å²) >= 11 is 1.45. The lowest BCUT2D eigenvalue weighted by atomic mass is 10.2. The molecule has 2 aromatic rings. The number of anilines is 1. The van der Waals surface area contributed by atoms with Gasteiger partial charge < -0.3 is 14.6 Å². The molecule has 2 amide bonds. The van der Waals surface area contributed by atoms with Gasteiger partial charge in [-0.25, -0.2) is 4.98 Å². The van der Waals surface area contributed by atoms with E-state index in [1.165, 1.54) is 11.3 Å². The minimum Gasteiger partial charge on any atom is -0.464 e. The average Bonchev–Trinajstić information content (AvgIpc) is 3.14. The zero-order valence-electron chi connectivity index (χ0n) is 13.4. The Morgan fingerprint density at radius 3 is 2.83 bits per heavy atom. The molecule has 122 valence electrons. The Hall–Kier alpha value is -2.15.